The fourth-order valence-corrected chi connectivity index (χ4v) is 2.53. The lowest BCUT2D eigenvalue weighted by Gasteiger charge is -2.32. The van der Waals surface area contributed by atoms with Gasteiger partial charge < -0.3 is 19.7 Å². The lowest BCUT2D eigenvalue weighted by molar-refractivity contribution is -0.0481. The number of anilines is 1. The third kappa shape index (κ3) is 5.00. The van der Waals surface area contributed by atoms with E-state index < -0.39 is 0 Å². The molecule has 0 aromatic heterocycles. The standard InChI is InChI=1S/C17H26N2O3/c1-3-4-5-14-6-8-15(9-7-14)18-17(20)19-10-11-22-16(12-19)13-21-2/h6-9,16H,3-5,10-13H2,1-2H3,(H,18,20). The maximum atomic E-state index is 12.3. The van der Waals surface area contributed by atoms with Crippen LogP contribution in [0.2, 0.25) is 0 Å². The first-order valence-electron chi connectivity index (χ1n) is 7.98. The molecule has 0 saturated carbocycles. The van der Waals surface area contributed by atoms with Crippen molar-refractivity contribution in [1.82, 2.24) is 4.90 Å². The highest BCUT2D eigenvalue weighted by molar-refractivity contribution is 5.89. The van der Waals surface area contributed by atoms with E-state index in [9.17, 15) is 4.79 Å². The van der Waals surface area contributed by atoms with E-state index in [2.05, 4.69) is 24.4 Å². The Morgan fingerprint density at radius 1 is 1.41 bits per heavy atom. The predicted octanol–water partition coefficient (Wildman–Crippen LogP) is 2.91. The van der Waals surface area contributed by atoms with Crippen LogP contribution in [0.25, 0.3) is 0 Å². The van der Waals surface area contributed by atoms with E-state index in [0.29, 0.717) is 26.3 Å². The predicted molar refractivity (Wildman–Crippen MR) is 87.3 cm³/mol. The molecule has 0 radical (unpaired) electrons. The van der Waals surface area contributed by atoms with Crippen molar-refractivity contribution in [3.63, 3.8) is 0 Å². The first-order valence-corrected chi connectivity index (χ1v) is 7.98. The summed E-state index contributed by atoms with van der Waals surface area (Å²) in [5.74, 6) is 0. The fourth-order valence-electron chi connectivity index (χ4n) is 2.53. The Morgan fingerprint density at radius 2 is 2.18 bits per heavy atom. The Labute approximate surface area is 132 Å². The van der Waals surface area contributed by atoms with Crippen molar-refractivity contribution in [3.05, 3.63) is 29.8 Å². The monoisotopic (exact) mass is 306 g/mol. The summed E-state index contributed by atoms with van der Waals surface area (Å²) in [5, 5.41) is 2.95. The molecule has 0 bridgehead atoms. The van der Waals surface area contributed by atoms with Gasteiger partial charge in [0.05, 0.1) is 25.9 Å². The Bertz CT molecular complexity index is 459. The second-order valence-corrected chi connectivity index (χ2v) is 5.62. The number of benzene rings is 1. The fraction of sp³-hybridized carbons (Fsp3) is 0.588. The summed E-state index contributed by atoms with van der Waals surface area (Å²) in [6.07, 6.45) is 3.44. The van der Waals surface area contributed by atoms with Crippen molar-refractivity contribution >= 4 is 11.7 Å². The van der Waals surface area contributed by atoms with Crippen LogP contribution in [-0.2, 0) is 15.9 Å². The van der Waals surface area contributed by atoms with Gasteiger partial charge in [-0.15, -0.1) is 0 Å². The molecule has 2 rings (SSSR count). The largest absolute Gasteiger partial charge is 0.382 e. The van der Waals surface area contributed by atoms with Crippen molar-refractivity contribution < 1.29 is 14.3 Å². The number of methoxy groups -OCH3 is 1. The lowest BCUT2D eigenvalue weighted by atomic mass is 10.1. The van der Waals surface area contributed by atoms with Crippen LogP contribution in [-0.4, -0.2) is 50.4 Å². The summed E-state index contributed by atoms with van der Waals surface area (Å²) in [7, 11) is 1.64. The Hall–Kier alpha value is -1.59. The van der Waals surface area contributed by atoms with Gasteiger partial charge in [-0.3, -0.25) is 0 Å². The van der Waals surface area contributed by atoms with Crippen molar-refractivity contribution in [2.75, 3.05) is 38.7 Å². The molecule has 0 spiro atoms. The summed E-state index contributed by atoms with van der Waals surface area (Å²) in [5.41, 5.74) is 2.14. The number of ether oxygens (including phenoxy) is 2. The topological polar surface area (TPSA) is 50.8 Å². The molecule has 1 aliphatic heterocycles. The van der Waals surface area contributed by atoms with Crippen molar-refractivity contribution in [2.24, 2.45) is 0 Å². The first kappa shape index (κ1) is 16.8. The quantitative estimate of drug-likeness (QED) is 0.879. The SMILES string of the molecule is CCCCc1ccc(NC(=O)N2CCOC(COC)C2)cc1. The summed E-state index contributed by atoms with van der Waals surface area (Å²) >= 11 is 0. The smallest absolute Gasteiger partial charge is 0.322 e. The average Bonchev–Trinajstić information content (AvgIpc) is 2.55. The van der Waals surface area contributed by atoms with Gasteiger partial charge in [-0.25, -0.2) is 4.79 Å². The zero-order valence-electron chi connectivity index (χ0n) is 13.5. The van der Waals surface area contributed by atoms with Gasteiger partial charge in [-0.1, -0.05) is 25.5 Å². The summed E-state index contributed by atoms with van der Waals surface area (Å²) in [6.45, 7) is 4.43. The van der Waals surface area contributed by atoms with Crippen LogP contribution in [0.5, 0.6) is 0 Å². The van der Waals surface area contributed by atoms with Gasteiger partial charge in [0.2, 0.25) is 0 Å². The minimum atomic E-state index is -0.0780. The molecular formula is C17H26N2O3. The van der Waals surface area contributed by atoms with Crippen LogP contribution < -0.4 is 5.32 Å². The van der Waals surface area contributed by atoms with Crippen molar-refractivity contribution in [1.29, 1.82) is 0 Å². The zero-order chi connectivity index (χ0) is 15.8. The van der Waals surface area contributed by atoms with Gasteiger partial charge in [0.1, 0.15) is 0 Å². The van der Waals surface area contributed by atoms with Gasteiger partial charge in [0.25, 0.3) is 0 Å². The zero-order valence-corrected chi connectivity index (χ0v) is 13.5. The molecular weight excluding hydrogens is 280 g/mol. The van der Waals surface area contributed by atoms with Crippen LogP contribution in [0, 0.1) is 0 Å². The second kappa shape index (κ2) is 8.76. The first-order chi connectivity index (χ1) is 10.7. The number of carbonyl (C=O) groups excluding carboxylic acids is 1. The van der Waals surface area contributed by atoms with E-state index in [1.165, 1.54) is 18.4 Å². The molecule has 1 unspecified atom stereocenters. The Morgan fingerprint density at radius 3 is 2.86 bits per heavy atom. The number of urea groups is 1. The van der Waals surface area contributed by atoms with Crippen LogP contribution in [0.15, 0.2) is 24.3 Å². The summed E-state index contributed by atoms with van der Waals surface area (Å²) < 4.78 is 10.6. The number of hydrogen-bond donors (Lipinski definition) is 1. The second-order valence-electron chi connectivity index (χ2n) is 5.62. The molecule has 1 heterocycles. The van der Waals surface area contributed by atoms with E-state index in [1.54, 1.807) is 12.0 Å². The van der Waals surface area contributed by atoms with Crippen LogP contribution in [0.3, 0.4) is 0 Å². The number of nitrogens with one attached hydrogen (secondary N) is 1. The van der Waals surface area contributed by atoms with Crippen LogP contribution in [0.1, 0.15) is 25.3 Å². The van der Waals surface area contributed by atoms with Gasteiger partial charge in [-0.05, 0) is 30.5 Å². The van der Waals surface area contributed by atoms with Gasteiger partial charge in [-0.2, -0.15) is 0 Å². The molecule has 1 saturated heterocycles. The highest BCUT2D eigenvalue weighted by Crippen LogP contribution is 2.14. The molecule has 0 aliphatic carbocycles. The van der Waals surface area contributed by atoms with Gasteiger partial charge in [0, 0.05) is 19.3 Å². The molecule has 5 nitrogen and oxygen atoms in total. The Balaban J connectivity index is 1.85. The van der Waals surface area contributed by atoms with E-state index in [1.807, 2.05) is 12.1 Å². The van der Waals surface area contributed by atoms with E-state index >= 15 is 0 Å². The minimum absolute atomic E-state index is 0.0408. The highest BCUT2D eigenvalue weighted by atomic mass is 16.5. The van der Waals surface area contributed by atoms with Gasteiger partial charge in [0.15, 0.2) is 0 Å². The molecule has 5 heteroatoms. The van der Waals surface area contributed by atoms with Crippen molar-refractivity contribution in [3.8, 4) is 0 Å². The van der Waals surface area contributed by atoms with E-state index in [-0.39, 0.29) is 12.1 Å². The molecule has 22 heavy (non-hydrogen) atoms. The lowest BCUT2D eigenvalue weighted by Crippen LogP contribution is -2.48. The maximum Gasteiger partial charge on any atom is 0.322 e. The number of aryl methyl sites for hydroxylation is 1. The molecule has 1 fully saturated rings. The third-order valence-corrected chi connectivity index (χ3v) is 3.80. The number of amides is 2. The molecule has 1 atom stereocenters. The number of carbonyl (C=O) groups is 1. The molecule has 1 N–H and O–H groups in total. The number of rotatable bonds is 6. The molecule has 1 aromatic rings. The minimum Gasteiger partial charge on any atom is -0.382 e. The molecule has 122 valence electrons. The highest BCUT2D eigenvalue weighted by Gasteiger charge is 2.24. The average molecular weight is 306 g/mol. The summed E-state index contributed by atoms with van der Waals surface area (Å²) in [4.78, 5) is 14.1. The molecule has 1 aromatic carbocycles. The summed E-state index contributed by atoms with van der Waals surface area (Å²) in [6, 6.07) is 8.02. The van der Waals surface area contributed by atoms with E-state index in [0.717, 1.165) is 12.1 Å². The number of unbranched alkanes of at least 4 members (excludes halogenated alkanes) is 1. The van der Waals surface area contributed by atoms with Gasteiger partial charge >= 0.3 is 6.03 Å². The normalized spacial score (nSPS) is 18.3. The van der Waals surface area contributed by atoms with Crippen LogP contribution in [0.4, 0.5) is 10.5 Å². The molecule has 1 aliphatic rings. The molecule has 2 amide bonds. The number of morpholine rings is 1. The van der Waals surface area contributed by atoms with E-state index in [4.69, 9.17) is 9.47 Å². The number of hydrogen-bond acceptors (Lipinski definition) is 3. The maximum absolute atomic E-state index is 12.3. The third-order valence-electron chi connectivity index (χ3n) is 3.80. The van der Waals surface area contributed by atoms with Crippen molar-refractivity contribution in [2.45, 2.75) is 32.3 Å². The number of nitrogens with zero attached hydrogens (tertiary/aromatic N) is 1. The van der Waals surface area contributed by atoms with Crippen LogP contribution >= 0.6 is 0 Å². The Kier molecular flexibility index (Phi) is 6.68.